The maximum absolute atomic E-state index is 5.98. The minimum atomic E-state index is -0.0446. The summed E-state index contributed by atoms with van der Waals surface area (Å²) in [7, 11) is 0. The molecule has 0 amide bonds. The molecule has 0 aromatic carbocycles. The molecule has 1 rings (SSSR count). The highest BCUT2D eigenvalue weighted by Crippen LogP contribution is 2.29. The second kappa shape index (κ2) is 4.81. The van der Waals surface area contributed by atoms with E-state index in [-0.39, 0.29) is 11.0 Å². The van der Waals surface area contributed by atoms with Crippen molar-refractivity contribution < 1.29 is 0 Å². The van der Waals surface area contributed by atoms with Gasteiger partial charge in [0.1, 0.15) is 0 Å². The SMILES string of the molecule is CC(C)C(C)(CN)n1cncc1CC(C)(C)C. The van der Waals surface area contributed by atoms with Crippen molar-refractivity contribution in [2.75, 3.05) is 6.54 Å². The minimum absolute atomic E-state index is 0.0446. The van der Waals surface area contributed by atoms with Gasteiger partial charge in [0.05, 0.1) is 11.9 Å². The van der Waals surface area contributed by atoms with E-state index in [9.17, 15) is 0 Å². The fourth-order valence-electron chi connectivity index (χ4n) is 2.07. The Morgan fingerprint density at radius 2 is 1.88 bits per heavy atom. The fourth-order valence-corrected chi connectivity index (χ4v) is 2.07. The lowest BCUT2D eigenvalue weighted by molar-refractivity contribution is 0.219. The molecule has 1 atom stereocenters. The van der Waals surface area contributed by atoms with Gasteiger partial charge in [-0.25, -0.2) is 4.98 Å². The molecular formula is C14H27N3. The highest BCUT2D eigenvalue weighted by molar-refractivity contribution is 5.07. The van der Waals surface area contributed by atoms with Crippen LogP contribution < -0.4 is 5.73 Å². The molecule has 3 heteroatoms. The van der Waals surface area contributed by atoms with E-state index in [2.05, 4.69) is 51.1 Å². The molecule has 0 aliphatic heterocycles. The van der Waals surface area contributed by atoms with Crippen molar-refractivity contribution >= 4 is 0 Å². The number of nitrogens with zero attached hydrogens (tertiary/aromatic N) is 2. The third-order valence-corrected chi connectivity index (χ3v) is 3.63. The van der Waals surface area contributed by atoms with Gasteiger partial charge in [0.2, 0.25) is 0 Å². The largest absolute Gasteiger partial charge is 0.328 e. The van der Waals surface area contributed by atoms with Crippen LogP contribution in [0.25, 0.3) is 0 Å². The molecule has 0 radical (unpaired) electrons. The van der Waals surface area contributed by atoms with Crippen LogP contribution in [0, 0.1) is 11.3 Å². The van der Waals surface area contributed by atoms with Crippen molar-refractivity contribution in [2.24, 2.45) is 17.1 Å². The lowest BCUT2D eigenvalue weighted by Gasteiger charge is -2.36. The van der Waals surface area contributed by atoms with Gasteiger partial charge in [-0.05, 0) is 24.7 Å². The first-order valence-electron chi connectivity index (χ1n) is 6.42. The zero-order valence-corrected chi connectivity index (χ0v) is 12.1. The van der Waals surface area contributed by atoms with Crippen LogP contribution in [0.3, 0.4) is 0 Å². The van der Waals surface area contributed by atoms with Gasteiger partial charge >= 0.3 is 0 Å². The second-order valence-electron chi connectivity index (χ2n) is 6.71. The summed E-state index contributed by atoms with van der Waals surface area (Å²) < 4.78 is 2.27. The average molecular weight is 237 g/mol. The molecule has 1 aromatic heterocycles. The van der Waals surface area contributed by atoms with Gasteiger partial charge in [-0.1, -0.05) is 34.6 Å². The molecule has 2 N–H and O–H groups in total. The standard InChI is InChI=1S/C14H27N3/c1-11(2)14(6,9-15)17-10-16-8-12(17)7-13(3,4)5/h8,10-11H,7,9,15H2,1-6H3. The van der Waals surface area contributed by atoms with Crippen LogP contribution in [0.2, 0.25) is 0 Å². The number of imidazole rings is 1. The summed E-state index contributed by atoms with van der Waals surface area (Å²) in [6, 6.07) is 0. The van der Waals surface area contributed by atoms with Crippen LogP contribution >= 0.6 is 0 Å². The maximum atomic E-state index is 5.98. The third-order valence-electron chi connectivity index (χ3n) is 3.63. The van der Waals surface area contributed by atoms with Crippen LogP contribution in [-0.4, -0.2) is 16.1 Å². The fraction of sp³-hybridized carbons (Fsp3) is 0.786. The molecule has 0 aliphatic rings. The number of hydrogen-bond donors (Lipinski definition) is 1. The number of nitrogens with two attached hydrogens (primary N) is 1. The van der Waals surface area contributed by atoms with Crippen LogP contribution in [-0.2, 0) is 12.0 Å². The normalized spacial score (nSPS) is 16.2. The minimum Gasteiger partial charge on any atom is -0.328 e. The Labute approximate surface area is 105 Å². The van der Waals surface area contributed by atoms with Crippen LogP contribution in [0.15, 0.2) is 12.5 Å². The molecule has 17 heavy (non-hydrogen) atoms. The molecule has 0 aliphatic carbocycles. The van der Waals surface area contributed by atoms with E-state index < -0.39 is 0 Å². The van der Waals surface area contributed by atoms with Gasteiger partial charge in [0.25, 0.3) is 0 Å². The molecule has 0 bridgehead atoms. The molecule has 3 nitrogen and oxygen atoms in total. The monoisotopic (exact) mass is 237 g/mol. The Balaban J connectivity index is 3.10. The highest BCUT2D eigenvalue weighted by atomic mass is 15.1. The van der Waals surface area contributed by atoms with Crippen molar-refractivity contribution in [1.82, 2.24) is 9.55 Å². The number of aromatic nitrogens is 2. The first-order valence-corrected chi connectivity index (χ1v) is 6.42. The smallest absolute Gasteiger partial charge is 0.0953 e. The van der Waals surface area contributed by atoms with Crippen molar-refractivity contribution in [3.8, 4) is 0 Å². The predicted molar refractivity (Wildman–Crippen MR) is 72.9 cm³/mol. The Morgan fingerprint density at radius 1 is 1.29 bits per heavy atom. The molecule has 1 heterocycles. The summed E-state index contributed by atoms with van der Waals surface area (Å²) >= 11 is 0. The van der Waals surface area contributed by atoms with Crippen LogP contribution in [0.5, 0.6) is 0 Å². The van der Waals surface area contributed by atoms with E-state index in [0.29, 0.717) is 12.5 Å². The first kappa shape index (κ1) is 14.2. The molecule has 0 fully saturated rings. The summed E-state index contributed by atoms with van der Waals surface area (Å²) in [6.07, 6.45) is 4.92. The Kier molecular flexibility index (Phi) is 4.03. The van der Waals surface area contributed by atoms with Crippen molar-refractivity contribution in [3.05, 3.63) is 18.2 Å². The van der Waals surface area contributed by atoms with Gasteiger partial charge in [0, 0.05) is 18.4 Å². The molecular weight excluding hydrogens is 210 g/mol. The lowest BCUT2D eigenvalue weighted by Crippen LogP contribution is -2.43. The predicted octanol–water partition coefficient (Wildman–Crippen LogP) is 2.80. The first-order chi connectivity index (χ1) is 7.70. The van der Waals surface area contributed by atoms with E-state index in [1.165, 1.54) is 5.69 Å². The van der Waals surface area contributed by atoms with Crippen molar-refractivity contribution in [1.29, 1.82) is 0 Å². The van der Waals surface area contributed by atoms with E-state index >= 15 is 0 Å². The molecule has 98 valence electrons. The zero-order valence-electron chi connectivity index (χ0n) is 12.1. The van der Waals surface area contributed by atoms with Crippen molar-refractivity contribution in [3.63, 3.8) is 0 Å². The van der Waals surface area contributed by atoms with E-state index in [4.69, 9.17) is 5.73 Å². The average Bonchev–Trinajstić information content (AvgIpc) is 2.62. The lowest BCUT2D eigenvalue weighted by atomic mass is 9.86. The molecule has 1 unspecified atom stereocenters. The van der Waals surface area contributed by atoms with E-state index in [1.54, 1.807) is 0 Å². The van der Waals surface area contributed by atoms with E-state index in [1.807, 2.05) is 12.5 Å². The molecule has 0 saturated carbocycles. The van der Waals surface area contributed by atoms with Gasteiger partial charge < -0.3 is 10.3 Å². The molecule has 0 saturated heterocycles. The number of hydrogen-bond acceptors (Lipinski definition) is 2. The van der Waals surface area contributed by atoms with Gasteiger partial charge in [-0.2, -0.15) is 0 Å². The topological polar surface area (TPSA) is 43.8 Å². The number of rotatable bonds is 4. The van der Waals surface area contributed by atoms with Crippen LogP contribution in [0.4, 0.5) is 0 Å². The Hall–Kier alpha value is -0.830. The van der Waals surface area contributed by atoms with Gasteiger partial charge in [0.15, 0.2) is 0 Å². The second-order valence-corrected chi connectivity index (χ2v) is 6.71. The summed E-state index contributed by atoms with van der Waals surface area (Å²) in [4.78, 5) is 4.31. The summed E-state index contributed by atoms with van der Waals surface area (Å²) in [5, 5.41) is 0. The van der Waals surface area contributed by atoms with E-state index in [0.717, 1.165) is 6.42 Å². The molecule has 1 aromatic rings. The van der Waals surface area contributed by atoms with Gasteiger partial charge in [-0.3, -0.25) is 0 Å². The Bertz CT molecular complexity index is 360. The highest BCUT2D eigenvalue weighted by Gasteiger charge is 2.31. The summed E-state index contributed by atoms with van der Waals surface area (Å²) in [5.41, 5.74) is 7.48. The zero-order chi connectivity index (χ0) is 13.3. The third kappa shape index (κ3) is 3.09. The van der Waals surface area contributed by atoms with Gasteiger partial charge in [-0.15, -0.1) is 0 Å². The van der Waals surface area contributed by atoms with Crippen LogP contribution in [0.1, 0.15) is 47.2 Å². The summed E-state index contributed by atoms with van der Waals surface area (Å²) in [5.74, 6) is 0.486. The quantitative estimate of drug-likeness (QED) is 0.875. The molecule has 0 spiro atoms. The summed E-state index contributed by atoms with van der Waals surface area (Å²) in [6.45, 7) is 14.0. The Morgan fingerprint density at radius 3 is 2.29 bits per heavy atom. The van der Waals surface area contributed by atoms with Crippen molar-refractivity contribution in [2.45, 2.75) is 53.5 Å². The maximum Gasteiger partial charge on any atom is 0.0953 e.